The van der Waals surface area contributed by atoms with Gasteiger partial charge in [-0.2, -0.15) is 0 Å². The molecule has 4 nitrogen and oxygen atoms in total. The number of nitrogens with one attached hydrogen (secondary N) is 1. The van der Waals surface area contributed by atoms with Crippen LogP contribution >= 0.6 is 0 Å². The second-order valence-electron chi connectivity index (χ2n) is 4.75. The Labute approximate surface area is 118 Å². The van der Waals surface area contributed by atoms with Crippen molar-refractivity contribution < 1.29 is 13.9 Å². The Balaban J connectivity index is 1.83. The van der Waals surface area contributed by atoms with E-state index in [0.29, 0.717) is 11.6 Å². The SMILES string of the molecule is COC(=O)c1ccc(CNC(C)Cc2ccco2)cc1. The first-order valence-electron chi connectivity index (χ1n) is 6.62. The van der Waals surface area contributed by atoms with Crippen LogP contribution in [0.25, 0.3) is 0 Å². The van der Waals surface area contributed by atoms with Crippen LogP contribution < -0.4 is 5.32 Å². The molecule has 0 aliphatic rings. The summed E-state index contributed by atoms with van der Waals surface area (Å²) in [6, 6.07) is 11.6. The quantitative estimate of drug-likeness (QED) is 0.822. The van der Waals surface area contributed by atoms with Crippen molar-refractivity contribution in [3.8, 4) is 0 Å². The fraction of sp³-hybridized carbons (Fsp3) is 0.312. The summed E-state index contributed by atoms with van der Waals surface area (Å²) < 4.78 is 9.99. The number of hydrogen-bond acceptors (Lipinski definition) is 4. The molecule has 0 radical (unpaired) electrons. The molecule has 1 atom stereocenters. The highest BCUT2D eigenvalue weighted by Crippen LogP contribution is 2.07. The first-order valence-corrected chi connectivity index (χ1v) is 6.62. The number of benzene rings is 1. The third-order valence-electron chi connectivity index (χ3n) is 3.12. The summed E-state index contributed by atoms with van der Waals surface area (Å²) in [7, 11) is 1.38. The van der Waals surface area contributed by atoms with Crippen molar-refractivity contribution in [2.75, 3.05) is 7.11 Å². The zero-order valence-corrected chi connectivity index (χ0v) is 11.8. The van der Waals surface area contributed by atoms with Gasteiger partial charge in [-0.05, 0) is 36.8 Å². The van der Waals surface area contributed by atoms with Gasteiger partial charge in [0.1, 0.15) is 5.76 Å². The van der Waals surface area contributed by atoms with Gasteiger partial charge in [-0.1, -0.05) is 12.1 Å². The van der Waals surface area contributed by atoms with Crippen molar-refractivity contribution in [2.24, 2.45) is 0 Å². The molecule has 1 aromatic heterocycles. The van der Waals surface area contributed by atoms with Gasteiger partial charge in [0.15, 0.2) is 0 Å². The monoisotopic (exact) mass is 273 g/mol. The van der Waals surface area contributed by atoms with Crippen LogP contribution in [0.1, 0.15) is 28.6 Å². The number of methoxy groups -OCH3 is 1. The Morgan fingerprint density at radius 2 is 2.05 bits per heavy atom. The van der Waals surface area contributed by atoms with Crippen molar-refractivity contribution in [1.82, 2.24) is 5.32 Å². The zero-order valence-electron chi connectivity index (χ0n) is 11.8. The topological polar surface area (TPSA) is 51.5 Å². The lowest BCUT2D eigenvalue weighted by Gasteiger charge is -2.12. The van der Waals surface area contributed by atoms with Gasteiger partial charge in [0, 0.05) is 19.0 Å². The van der Waals surface area contributed by atoms with E-state index in [2.05, 4.69) is 17.0 Å². The smallest absolute Gasteiger partial charge is 0.337 e. The zero-order chi connectivity index (χ0) is 14.4. The highest BCUT2D eigenvalue weighted by Gasteiger charge is 2.07. The molecule has 1 unspecified atom stereocenters. The fourth-order valence-corrected chi connectivity index (χ4v) is 1.97. The molecule has 0 amide bonds. The van der Waals surface area contributed by atoms with Crippen LogP contribution in [-0.2, 0) is 17.7 Å². The first kappa shape index (κ1) is 14.3. The van der Waals surface area contributed by atoms with E-state index in [-0.39, 0.29) is 5.97 Å². The van der Waals surface area contributed by atoms with E-state index in [1.807, 2.05) is 24.3 Å². The van der Waals surface area contributed by atoms with Crippen LogP contribution in [0.5, 0.6) is 0 Å². The molecule has 0 aliphatic carbocycles. The van der Waals surface area contributed by atoms with Crippen molar-refractivity contribution in [3.05, 3.63) is 59.5 Å². The van der Waals surface area contributed by atoms with Crippen LogP contribution in [0.4, 0.5) is 0 Å². The van der Waals surface area contributed by atoms with Gasteiger partial charge in [0.2, 0.25) is 0 Å². The van der Waals surface area contributed by atoms with Crippen LogP contribution in [0.2, 0.25) is 0 Å². The Morgan fingerprint density at radius 1 is 1.30 bits per heavy atom. The molecule has 20 heavy (non-hydrogen) atoms. The Kier molecular flexibility index (Phi) is 4.96. The summed E-state index contributed by atoms with van der Waals surface area (Å²) in [6.45, 7) is 2.87. The van der Waals surface area contributed by atoms with E-state index in [4.69, 9.17) is 4.42 Å². The summed E-state index contributed by atoms with van der Waals surface area (Å²) in [5.41, 5.74) is 1.70. The number of carbonyl (C=O) groups is 1. The minimum absolute atomic E-state index is 0.310. The Bertz CT molecular complexity index is 531. The molecule has 1 heterocycles. The van der Waals surface area contributed by atoms with Gasteiger partial charge in [-0.15, -0.1) is 0 Å². The van der Waals surface area contributed by atoms with Gasteiger partial charge in [0.05, 0.1) is 18.9 Å². The molecule has 4 heteroatoms. The molecular formula is C16H19NO3. The number of esters is 1. The molecule has 106 valence electrons. The molecule has 1 aromatic carbocycles. The van der Waals surface area contributed by atoms with Gasteiger partial charge in [-0.3, -0.25) is 0 Å². The number of furan rings is 1. The van der Waals surface area contributed by atoms with Crippen LogP contribution in [0.15, 0.2) is 47.1 Å². The predicted octanol–water partition coefficient (Wildman–Crippen LogP) is 2.79. The van der Waals surface area contributed by atoms with Gasteiger partial charge >= 0.3 is 5.97 Å². The van der Waals surface area contributed by atoms with Crippen LogP contribution in [-0.4, -0.2) is 19.1 Å². The predicted molar refractivity (Wildman–Crippen MR) is 76.5 cm³/mol. The lowest BCUT2D eigenvalue weighted by Crippen LogP contribution is -2.27. The van der Waals surface area contributed by atoms with Crippen molar-refractivity contribution >= 4 is 5.97 Å². The molecule has 0 fully saturated rings. The molecular weight excluding hydrogens is 254 g/mol. The van der Waals surface area contributed by atoms with Crippen molar-refractivity contribution in [2.45, 2.75) is 25.9 Å². The summed E-state index contributed by atoms with van der Waals surface area (Å²) in [6.07, 6.45) is 2.54. The average molecular weight is 273 g/mol. The maximum atomic E-state index is 11.3. The highest BCUT2D eigenvalue weighted by molar-refractivity contribution is 5.89. The second kappa shape index (κ2) is 6.91. The third-order valence-corrected chi connectivity index (χ3v) is 3.12. The maximum absolute atomic E-state index is 11.3. The van der Waals surface area contributed by atoms with E-state index < -0.39 is 0 Å². The van der Waals surface area contributed by atoms with Gasteiger partial charge in [-0.25, -0.2) is 4.79 Å². The summed E-state index contributed by atoms with van der Waals surface area (Å²) >= 11 is 0. The highest BCUT2D eigenvalue weighted by atomic mass is 16.5. The number of ether oxygens (including phenoxy) is 1. The molecule has 2 aromatic rings. The van der Waals surface area contributed by atoms with Crippen molar-refractivity contribution in [3.63, 3.8) is 0 Å². The summed E-state index contributed by atoms with van der Waals surface area (Å²) in [5.74, 6) is 0.668. The standard InChI is InChI=1S/C16H19NO3/c1-12(10-15-4-3-9-20-15)17-11-13-5-7-14(8-6-13)16(18)19-2/h3-9,12,17H,10-11H2,1-2H3. The molecule has 2 rings (SSSR count). The average Bonchev–Trinajstić information content (AvgIpc) is 2.97. The van der Waals surface area contributed by atoms with E-state index >= 15 is 0 Å². The maximum Gasteiger partial charge on any atom is 0.337 e. The first-order chi connectivity index (χ1) is 9.69. The lowest BCUT2D eigenvalue weighted by atomic mass is 10.1. The minimum Gasteiger partial charge on any atom is -0.469 e. The lowest BCUT2D eigenvalue weighted by molar-refractivity contribution is 0.0600. The summed E-state index contributed by atoms with van der Waals surface area (Å²) in [4.78, 5) is 11.3. The fourth-order valence-electron chi connectivity index (χ4n) is 1.97. The largest absolute Gasteiger partial charge is 0.469 e. The number of hydrogen-bond donors (Lipinski definition) is 1. The van der Waals surface area contributed by atoms with Crippen LogP contribution in [0.3, 0.4) is 0 Å². The van der Waals surface area contributed by atoms with Gasteiger partial charge < -0.3 is 14.5 Å². The Morgan fingerprint density at radius 3 is 2.65 bits per heavy atom. The van der Waals surface area contributed by atoms with E-state index in [1.54, 1.807) is 18.4 Å². The molecule has 0 saturated heterocycles. The number of rotatable bonds is 6. The summed E-state index contributed by atoms with van der Waals surface area (Å²) in [5, 5.41) is 3.42. The molecule has 1 N–H and O–H groups in total. The third kappa shape index (κ3) is 3.96. The molecule has 0 saturated carbocycles. The van der Waals surface area contributed by atoms with E-state index in [0.717, 1.165) is 24.3 Å². The second-order valence-corrected chi connectivity index (χ2v) is 4.75. The Hall–Kier alpha value is -2.07. The van der Waals surface area contributed by atoms with E-state index in [9.17, 15) is 4.79 Å². The van der Waals surface area contributed by atoms with Crippen molar-refractivity contribution in [1.29, 1.82) is 0 Å². The van der Waals surface area contributed by atoms with Gasteiger partial charge in [0.25, 0.3) is 0 Å². The minimum atomic E-state index is -0.310. The molecule has 0 bridgehead atoms. The normalized spacial score (nSPS) is 12.1. The molecule has 0 aliphatic heterocycles. The van der Waals surface area contributed by atoms with Crippen LogP contribution in [0, 0.1) is 0 Å². The van der Waals surface area contributed by atoms with E-state index in [1.165, 1.54) is 7.11 Å². The number of carbonyl (C=O) groups excluding carboxylic acids is 1. The molecule has 0 spiro atoms.